The second kappa shape index (κ2) is 8.74. The number of anilines is 3. The molecule has 0 aliphatic carbocycles. The fourth-order valence-corrected chi connectivity index (χ4v) is 3.98. The number of halogens is 6. The van der Waals surface area contributed by atoms with E-state index in [4.69, 9.17) is 0 Å². The zero-order valence-corrected chi connectivity index (χ0v) is 18.1. The number of rotatable bonds is 2. The van der Waals surface area contributed by atoms with Gasteiger partial charge in [-0.15, -0.1) is 10.2 Å². The molecule has 0 fully saturated rings. The molecule has 0 bridgehead atoms. The van der Waals surface area contributed by atoms with Crippen LogP contribution in [0.4, 0.5) is 47.8 Å². The van der Waals surface area contributed by atoms with Gasteiger partial charge >= 0.3 is 18.4 Å². The summed E-state index contributed by atoms with van der Waals surface area (Å²) in [6.45, 7) is 2.19. The topological polar surface area (TPSA) is 83.0 Å². The fraction of sp³-hybridized carbons (Fsp3) is 0.300. The van der Waals surface area contributed by atoms with Crippen LogP contribution in [0.25, 0.3) is 11.3 Å². The van der Waals surface area contributed by atoms with E-state index < -0.39 is 35.0 Å². The Morgan fingerprint density at radius 2 is 1.88 bits per heavy atom. The smallest absolute Gasteiger partial charge is 0.382 e. The van der Waals surface area contributed by atoms with Crippen molar-refractivity contribution in [3.8, 4) is 11.3 Å². The molecule has 2 N–H and O–H groups in total. The molecule has 2 amide bonds. The molecule has 0 saturated carbocycles. The summed E-state index contributed by atoms with van der Waals surface area (Å²) in [6.07, 6.45) is -8.76. The third-order valence-corrected chi connectivity index (χ3v) is 5.89. The highest BCUT2D eigenvalue weighted by Gasteiger charge is 2.36. The molecule has 0 spiro atoms. The van der Waals surface area contributed by atoms with Crippen LogP contribution in [0.5, 0.6) is 0 Å². The summed E-state index contributed by atoms with van der Waals surface area (Å²) in [7, 11) is 0. The predicted octanol–water partition coefficient (Wildman–Crippen LogP) is 5.88. The van der Waals surface area contributed by atoms with Gasteiger partial charge in [0.15, 0.2) is 5.82 Å². The summed E-state index contributed by atoms with van der Waals surface area (Å²) >= 11 is 0.175. The van der Waals surface area contributed by atoms with Crippen molar-refractivity contribution >= 4 is 34.0 Å². The van der Waals surface area contributed by atoms with Crippen molar-refractivity contribution in [2.24, 2.45) is 0 Å². The molecule has 34 heavy (non-hydrogen) atoms. The first-order valence-electron chi connectivity index (χ1n) is 9.87. The van der Waals surface area contributed by atoms with Gasteiger partial charge in [-0.2, -0.15) is 26.3 Å². The molecule has 4 rings (SSSR count). The summed E-state index contributed by atoms with van der Waals surface area (Å²) in [4.78, 5) is 18.7. The van der Waals surface area contributed by atoms with Gasteiger partial charge in [-0.3, -0.25) is 10.2 Å². The number of pyridine rings is 1. The van der Waals surface area contributed by atoms with Gasteiger partial charge in [-0.05, 0) is 37.6 Å². The number of nitrogens with zero attached hydrogens (tertiary/aromatic N) is 4. The highest BCUT2D eigenvalue weighted by atomic mass is 32.1. The average Bonchev–Trinajstić information content (AvgIpc) is 3.16. The monoisotopic (exact) mass is 502 g/mol. The lowest BCUT2D eigenvalue weighted by molar-refractivity contribution is -0.138. The normalized spacial score (nSPS) is 16.4. The van der Waals surface area contributed by atoms with E-state index in [1.165, 1.54) is 23.1 Å². The van der Waals surface area contributed by atoms with Crippen LogP contribution in [0.2, 0.25) is 0 Å². The Labute approximate surface area is 192 Å². The molecular weight excluding hydrogens is 486 g/mol. The van der Waals surface area contributed by atoms with Crippen molar-refractivity contribution in [1.29, 1.82) is 0 Å². The number of hydrogen-bond donors (Lipinski definition) is 2. The first kappa shape index (κ1) is 23.7. The maximum absolute atomic E-state index is 13.1. The Bertz CT molecular complexity index is 1210. The van der Waals surface area contributed by atoms with Crippen LogP contribution in [-0.4, -0.2) is 33.8 Å². The van der Waals surface area contributed by atoms with Crippen LogP contribution >= 0.6 is 11.3 Å². The number of alkyl halides is 6. The Morgan fingerprint density at radius 3 is 2.56 bits per heavy atom. The summed E-state index contributed by atoms with van der Waals surface area (Å²) < 4.78 is 77.9. The standard InChI is InChI=1S/C20H16F6N6OS/c1-10-7-8-27-14-6-5-13(11-3-2-4-12(9-11)19(21,22)23)28-15(14)32(10)18(33)29-17-31-30-16(34-17)20(24,25)26/h2-6,9-10,27H,7-8H2,1H3,(H,29,31,33)/t10-/m1/s1. The maximum atomic E-state index is 13.1. The molecule has 180 valence electrons. The van der Waals surface area contributed by atoms with Gasteiger partial charge in [-0.25, -0.2) is 9.78 Å². The lowest BCUT2D eigenvalue weighted by Gasteiger charge is -2.27. The molecule has 1 atom stereocenters. The number of fused-ring (bicyclic) bond motifs is 1. The summed E-state index contributed by atoms with van der Waals surface area (Å²) in [6, 6.07) is 6.48. The first-order valence-corrected chi connectivity index (χ1v) is 10.7. The minimum Gasteiger partial charge on any atom is -0.382 e. The van der Waals surface area contributed by atoms with Gasteiger partial charge in [0.05, 0.1) is 16.9 Å². The molecule has 0 radical (unpaired) electrons. The third kappa shape index (κ3) is 4.90. The second-order valence-corrected chi connectivity index (χ2v) is 8.40. The molecule has 0 unspecified atom stereocenters. The van der Waals surface area contributed by atoms with Gasteiger partial charge < -0.3 is 5.32 Å². The average molecular weight is 502 g/mol. The van der Waals surface area contributed by atoms with Crippen molar-refractivity contribution in [3.63, 3.8) is 0 Å². The van der Waals surface area contributed by atoms with E-state index in [1.807, 2.05) is 0 Å². The highest BCUT2D eigenvalue weighted by Crippen LogP contribution is 2.36. The van der Waals surface area contributed by atoms with Crippen molar-refractivity contribution in [2.45, 2.75) is 31.7 Å². The number of amides is 2. The third-order valence-electron chi connectivity index (χ3n) is 5.01. The van der Waals surface area contributed by atoms with Gasteiger partial charge in [0.2, 0.25) is 10.1 Å². The van der Waals surface area contributed by atoms with E-state index in [0.717, 1.165) is 12.1 Å². The zero-order valence-electron chi connectivity index (χ0n) is 17.3. The number of urea groups is 1. The molecule has 1 aromatic carbocycles. The summed E-state index contributed by atoms with van der Waals surface area (Å²) in [5.74, 6) is 0.123. The van der Waals surface area contributed by atoms with Crippen molar-refractivity contribution in [1.82, 2.24) is 15.2 Å². The van der Waals surface area contributed by atoms with Crippen LogP contribution in [0.3, 0.4) is 0 Å². The van der Waals surface area contributed by atoms with E-state index >= 15 is 0 Å². The second-order valence-electron chi connectivity index (χ2n) is 7.42. The van der Waals surface area contributed by atoms with Crippen LogP contribution < -0.4 is 15.5 Å². The van der Waals surface area contributed by atoms with Crippen LogP contribution in [0, 0.1) is 0 Å². The molecule has 1 aliphatic rings. The largest absolute Gasteiger partial charge is 0.445 e. The van der Waals surface area contributed by atoms with E-state index in [2.05, 4.69) is 25.8 Å². The minimum atomic E-state index is -4.70. The van der Waals surface area contributed by atoms with Crippen molar-refractivity contribution < 1.29 is 31.1 Å². The van der Waals surface area contributed by atoms with Crippen molar-refractivity contribution in [2.75, 3.05) is 22.1 Å². The summed E-state index contributed by atoms with van der Waals surface area (Å²) in [5, 5.41) is 10.3. The Hall–Kier alpha value is -3.42. The number of hydrogen-bond acceptors (Lipinski definition) is 6. The maximum Gasteiger partial charge on any atom is 0.445 e. The van der Waals surface area contributed by atoms with Gasteiger partial charge in [0, 0.05) is 18.2 Å². The molecule has 0 saturated heterocycles. The molecule has 1 aliphatic heterocycles. The lowest BCUT2D eigenvalue weighted by atomic mass is 10.1. The molecular formula is C20H16F6N6OS. The minimum absolute atomic E-state index is 0.123. The van der Waals surface area contributed by atoms with E-state index in [9.17, 15) is 31.1 Å². The molecule has 14 heteroatoms. The Kier molecular flexibility index (Phi) is 6.10. The number of carbonyl (C=O) groups excluding carboxylic acids is 1. The number of nitrogens with one attached hydrogen (secondary N) is 2. The number of benzene rings is 1. The van der Waals surface area contributed by atoms with Gasteiger partial charge in [0.25, 0.3) is 0 Å². The Balaban J connectivity index is 1.69. The quantitative estimate of drug-likeness (QED) is 0.428. The molecule has 2 aromatic heterocycles. The first-order chi connectivity index (χ1) is 15.9. The molecule has 3 aromatic rings. The summed E-state index contributed by atoms with van der Waals surface area (Å²) in [5.41, 5.74) is -0.0225. The fourth-order valence-electron chi connectivity index (χ4n) is 3.38. The van der Waals surface area contributed by atoms with Gasteiger partial charge in [0.1, 0.15) is 0 Å². The van der Waals surface area contributed by atoms with Crippen LogP contribution in [0.1, 0.15) is 23.9 Å². The SMILES string of the molecule is C[C@@H]1CCNc2ccc(-c3cccc(C(F)(F)F)c3)nc2N1C(=O)Nc1nnc(C(F)(F)F)s1. The molecule has 7 nitrogen and oxygen atoms in total. The number of aromatic nitrogens is 3. The zero-order chi connectivity index (χ0) is 24.7. The van der Waals surface area contributed by atoms with E-state index in [0.29, 0.717) is 18.7 Å². The number of carbonyl (C=O) groups is 1. The van der Waals surface area contributed by atoms with E-state index in [-0.39, 0.29) is 33.5 Å². The van der Waals surface area contributed by atoms with Crippen LogP contribution in [0.15, 0.2) is 36.4 Å². The van der Waals surface area contributed by atoms with Crippen LogP contribution in [-0.2, 0) is 12.4 Å². The molecule has 3 heterocycles. The highest BCUT2D eigenvalue weighted by molar-refractivity contribution is 7.15. The van der Waals surface area contributed by atoms with Crippen molar-refractivity contribution in [3.05, 3.63) is 47.0 Å². The van der Waals surface area contributed by atoms with E-state index in [1.54, 1.807) is 13.0 Å². The van der Waals surface area contributed by atoms with Gasteiger partial charge in [-0.1, -0.05) is 23.5 Å². The Morgan fingerprint density at radius 1 is 1.12 bits per heavy atom. The lowest BCUT2D eigenvalue weighted by Crippen LogP contribution is -2.42. The predicted molar refractivity (Wildman–Crippen MR) is 114 cm³/mol.